The van der Waals surface area contributed by atoms with Crippen LogP contribution in [0.25, 0.3) is 38.8 Å². The van der Waals surface area contributed by atoms with Crippen LogP contribution in [0.5, 0.6) is 11.5 Å². The SMILES string of the molecule is CC(C)(C)c1cccc(-c2cccc3c2N(c2cc(C(C)(C)C)cc(C(C)(C)C)c2)CN3c2cccc(Oc3ccc4c5cc([Si](c6ccccc6)(c6ccccc6)c6ccccc6)ccc5n(-c5cc(C(C)(C)C)ccn5)c4c3)c2)c1. The fourth-order valence-corrected chi connectivity index (χ4v) is 17.0. The molecule has 1 aliphatic heterocycles. The predicted molar refractivity (Wildman–Crippen MR) is 351 cm³/mol. The summed E-state index contributed by atoms with van der Waals surface area (Å²) in [6.45, 7) is 28.2. The summed E-state index contributed by atoms with van der Waals surface area (Å²) in [5.41, 5.74) is 14.2. The third-order valence-electron chi connectivity index (χ3n) is 16.9. The van der Waals surface area contributed by atoms with Crippen LogP contribution in [0.4, 0.5) is 22.7 Å². The summed E-state index contributed by atoms with van der Waals surface area (Å²) in [6, 6.07) is 83.6. The summed E-state index contributed by atoms with van der Waals surface area (Å²) in [4.78, 5) is 10.1. The summed E-state index contributed by atoms with van der Waals surface area (Å²) in [5, 5.41) is 7.66. The molecule has 2 aromatic heterocycles. The molecule has 12 rings (SSSR count). The van der Waals surface area contributed by atoms with E-state index in [0.717, 1.165) is 45.1 Å². The van der Waals surface area contributed by atoms with E-state index in [1.165, 1.54) is 70.9 Å². The van der Waals surface area contributed by atoms with Gasteiger partial charge < -0.3 is 14.5 Å². The lowest BCUT2D eigenvalue weighted by Crippen LogP contribution is -2.74. The zero-order chi connectivity index (χ0) is 57.3. The van der Waals surface area contributed by atoms with Crippen LogP contribution in [0, 0.1) is 0 Å². The van der Waals surface area contributed by atoms with Gasteiger partial charge in [0.05, 0.1) is 22.4 Å². The van der Waals surface area contributed by atoms with Gasteiger partial charge >= 0.3 is 0 Å². The maximum Gasteiger partial charge on any atom is 0.179 e. The number of hydrogen-bond donors (Lipinski definition) is 0. The van der Waals surface area contributed by atoms with Crippen LogP contribution in [-0.4, -0.2) is 24.3 Å². The maximum absolute atomic E-state index is 7.08. The van der Waals surface area contributed by atoms with Crippen LogP contribution in [-0.2, 0) is 21.7 Å². The van der Waals surface area contributed by atoms with Gasteiger partial charge in [-0.15, -0.1) is 0 Å². The second kappa shape index (κ2) is 20.5. The van der Waals surface area contributed by atoms with E-state index in [0.29, 0.717) is 6.67 Å². The summed E-state index contributed by atoms with van der Waals surface area (Å²) >= 11 is 0. The van der Waals surface area contributed by atoms with Crippen molar-refractivity contribution in [2.24, 2.45) is 0 Å². The molecule has 410 valence electrons. The molecule has 0 aliphatic carbocycles. The fourth-order valence-electron chi connectivity index (χ4n) is 12.2. The molecule has 0 N–H and O–H groups in total. The van der Waals surface area contributed by atoms with Crippen LogP contribution in [0.1, 0.15) is 105 Å². The number of nitrogens with zero attached hydrogens (tertiary/aromatic N) is 4. The van der Waals surface area contributed by atoms with Gasteiger partial charge in [0.2, 0.25) is 0 Å². The Morgan fingerprint density at radius 3 is 1.57 bits per heavy atom. The molecule has 0 bridgehead atoms. The molecule has 0 saturated heterocycles. The number of pyridine rings is 1. The monoisotopic (exact) mass is 1090 g/mol. The highest BCUT2D eigenvalue weighted by Crippen LogP contribution is 2.51. The maximum atomic E-state index is 7.08. The van der Waals surface area contributed by atoms with Crippen molar-refractivity contribution in [1.82, 2.24) is 9.55 Å². The van der Waals surface area contributed by atoms with E-state index in [2.05, 4.69) is 322 Å². The largest absolute Gasteiger partial charge is 0.457 e. The molecule has 3 heterocycles. The van der Waals surface area contributed by atoms with E-state index >= 15 is 0 Å². The summed E-state index contributed by atoms with van der Waals surface area (Å²) in [6.07, 6.45) is 1.96. The molecular weight excluding hydrogens is 1010 g/mol. The Hall–Kier alpha value is -8.45. The lowest BCUT2D eigenvalue weighted by Gasteiger charge is -2.34. The van der Waals surface area contributed by atoms with E-state index in [-0.39, 0.29) is 21.7 Å². The van der Waals surface area contributed by atoms with Gasteiger partial charge in [0.1, 0.15) is 24.0 Å². The van der Waals surface area contributed by atoms with Crippen molar-refractivity contribution in [3.8, 4) is 28.4 Å². The first-order chi connectivity index (χ1) is 39.2. The predicted octanol–water partition coefficient (Wildman–Crippen LogP) is 17.5. The first-order valence-electron chi connectivity index (χ1n) is 29.1. The van der Waals surface area contributed by atoms with E-state index in [1.54, 1.807) is 0 Å². The van der Waals surface area contributed by atoms with Crippen LogP contribution >= 0.6 is 0 Å². The molecule has 0 unspecified atom stereocenters. The van der Waals surface area contributed by atoms with Crippen molar-refractivity contribution in [1.29, 1.82) is 0 Å². The smallest absolute Gasteiger partial charge is 0.179 e. The van der Waals surface area contributed by atoms with E-state index in [4.69, 9.17) is 9.72 Å². The van der Waals surface area contributed by atoms with E-state index in [1.807, 2.05) is 6.20 Å². The Kier molecular flexibility index (Phi) is 13.5. The van der Waals surface area contributed by atoms with Gasteiger partial charge in [0.15, 0.2) is 8.07 Å². The fraction of sp³-hybridized carbons (Fsp3) is 0.224. The topological polar surface area (TPSA) is 33.5 Å². The van der Waals surface area contributed by atoms with Crippen LogP contribution in [0.15, 0.2) is 231 Å². The second-order valence-electron chi connectivity index (χ2n) is 26.6. The summed E-state index contributed by atoms with van der Waals surface area (Å²) in [7, 11) is -2.84. The average Bonchev–Trinajstić information content (AvgIpc) is 4.22. The van der Waals surface area contributed by atoms with Crippen molar-refractivity contribution < 1.29 is 4.74 Å². The van der Waals surface area contributed by atoms with Crippen molar-refractivity contribution in [3.05, 3.63) is 253 Å². The molecule has 82 heavy (non-hydrogen) atoms. The first-order valence-corrected chi connectivity index (χ1v) is 31.1. The number of para-hydroxylation sites is 1. The van der Waals surface area contributed by atoms with Gasteiger partial charge in [-0.2, -0.15) is 0 Å². The molecule has 0 spiro atoms. The number of anilines is 4. The highest BCUT2D eigenvalue weighted by molar-refractivity contribution is 7.20. The quantitative estimate of drug-likeness (QED) is 0.101. The van der Waals surface area contributed by atoms with Crippen molar-refractivity contribution in [2.45, 2.75) is 105 Å². The highest BCUT2D eigenvalue weighted by atomic mass is 28.3. The van der Waals surface area contributed by atoms with Crippen LogP contribution < -0.4 is 35.3 Å². The number of rotatable bonds is 10. The lowest BCUT2D eigenvalue weighted by atomic mass is 9.80. The minimum atomic E-state index is -2.84. The molecule has 0 fully saturated rings. The van der Waals surface area contributed by atoms with Gasteiger partial charge in [-0.05, 0) is 131 Å². The van der Waals surface area contributed by atoms with Crippen molar-refractivity contribution >= 4 is 73.4 Å². The molecule has 0 amide bonds. The van der Waals surface area contributed by atoms with Gasteiger partial charge in [0.25, 0.3) is 0 Å². The van der Waals surface area contributed by atoms with Gasteiger partial charge in [-0.1, -0.05) is 235 Å². The van der Waals surface area contributed by atoms with Crippen LogP contribution in [0.3, 0.4) is 0 Å². The Balaban J connectivity index is 0.995. The normalized spacial score (nSPS) is 13.3. The zero-order valence-electron chi connectivity index (χ0n) is 49.8. The number of aromatic nitrogens is 2. The number of ether oxygens (including phenoxy) is 1. The van der Waals surface area contributed by atoms with Gasteiger partial charge in [-0.3, -0.25) is 4.57 Å². The van der Waals surface area contributed by atoms with E-state index < -0.39 is 8.07 Å². The van der Waals surface area contributed by atoms with Gasteiger partial charge in [0, 0.05) is 46.0 Å². The third kappa shape index (κ3) is 9.91. The Bertz CT molecular complexity index is 4030. The molecular formula is C76H76N4OSi. The Morgan fingerprint density at radius 2 is 0.963 bits per heavy atom. The molecule has 0 radical (unpaired) electrons. The lowest BCUT2D eigenvalue weighted by molar-refractivity contribution is 0.483. The average molecular weight is 1090 g/mol. The zero-order valence-corrected chi connectivity index (χ0v) is 50.8. The van der Waals surface area contributed by atoms with Crippen LogP contribution in [0.2, 0.25) is 0 Å². The second-order valence-corrected chi connectivity index (χ2v) is 30.4. The molecule has 11 aromatic rings. The van der Waals surface area contributed by atoms with E-state index in [9.17, 15) is 0 Å². The summed E-state index contributed by atoms with van der Waals surface area (Å²) < 4.78 is 9.42. The third-order valence-corrected chi connectivity index (χ3v) is 21.6. The Morgan fingerprint density at radius 1 is 0.390 bits per heavy atom. The van der Waals surface area contributed by atoms with Crippen molar-refractivity contribution in [3.63, 3.8) is 0 Å². The molecule has 5 nitrogen and oxygen atoms in total. The Labute approximate surface area is 487 Å². The van der Waals surface area contributed by atoms with Gasteiger partial charge in [-0.25, -0.2) is 4.98 Å². The highest BCUT2D eigenvalue weighted by Gasteiger charge is 2.42. The molecule has 9 aromatic carbocycles. The molecule has 6 heteroatoms. The minimum Gasteiger partial charge on any atom is -0.457 e. The number of fused-ring (bicyclic) bond motifs is 4. The molecule has 0 atom stereocenters. The number of benzene rings is 9. The van der Waals surface area contributed by atoms with Crippen molar-refractivity contribution in [2.75, 3.05) is 16.5 Å². The standard InChI is InChI=1S/C76H76N4OSi/c1-73(2,3)53-26-22-25-52(43-53)65-35-24-36-69-72(65)79(58-45-55(75(7,8)9)44-56(46-58)76(10,11)12)51-78(69)57-27-23-28-59(48-57)81-60-37-39-66-67-50-64(38-40-68(67)80(70(66)49-60)71-47-54(41-42-77-71)74(4,5)6)82(61-29-16-13-17-30-61,62-31-18-14-19-32-62)63-33-20-15-21-34-63/h13-50H,51H2,1-12H3. The number of hydrogen-bond acceptors (Lipinski definition) is 4. The first kappa shape index (κ1) is 54.2. The molecule has 0 saturated carbocycles. The minimum absolute atomic E-state index is 0.00366. The molecule has 1 aliphatic rings. The summed E-state index contributed by atoms with van der Waals surface area (Å²) in [5.74, 6) is 2.39.